The maximum absolute atomic E-state index is 12.7. The van der Waals surface area contributed by atoms with Crippen molar-refractivity contribution in [2.24, 2.45) is 0 Å². The Bertz CT molecular complexity index is 1070. The fourth-order valence-electron chi connectivity index (χ4n) is 3.92. The molecule has 1 aliphatic rings. The molecule has 2 N–H and O–H groups in total. The SMILES string of the molecule is CCc1ccc(CNC(=O)CCc2nc3sc4c(c3c(=O)[nH]2)CCCCC4)cc1. The van der Waals surface area contributed by atoms with E-state index in [0.717, 1.165) is 41.5 Å². The minimum atomic E-state index is -0.0548. The molecule has 0 aliphatic heterocycles. The number of benzene rings is 1. The van der Waals surface area contributed by atoms with Gasteiger partial charge in [0.1, 0.15) is 10.7 Å². The summed E-state index contributed by atoms with van der Waals surface area (Å²) in [7, 11) is 0. The third-order valence-electron chi connectivity index (χ3n) is 5.63. The van der Waals surface area contributed by atoms with Crippen molar-refractivity contribution in [1.29, 1.82) is 0 Å². The molecule has 5 nitrogen and oxygen atoms in total. The fourth-order valence-corrected chi connectivity index (χ4v) is 5.20. The molecule has 29 heavy (non-hydrogen) atoms. The number of aromatic nitrogens is 2. The highest BCUT2D eigenvalue weighted by atomic mass is 32.1. The molecule has 1 aromatic carbocycles. The summed E-state index contributed by atoms with van der Waals surface area (Å²) in [4.78, 5) is 34.6. The van der Waals surface area contributed by atoms with Crippen LogP contribution in [-0.2, 0) is 37.0 Å². The number of aromatic amines is 1. The Morgan fingerprint density at radius 1 is 1.14 bits per heavy atom. The molecule has 2 aromatic heterocycles. The first-order chi connectivity index (χ1) is 14.1. The van der Waals surface area contributed by atoms with Crippen LogP contribution in [-0.4, -0.2) is 15.9 Å². The standard InChI is InChI=1S/C23H27N3O2S/c1-2-15-8-10-16(11-9-15)14-24-20(27)13-12-19-25-22(28)21-17-6-4-3-5-7-18(17)29-23(21)26-19/h8-11H,2-7,12-14H2,1H3,(H,24,27)(H,25,26,28). The molecule has 0 saturated carbocycles. The molecular formula is C23H27N3O2S. The summed E-state index contributed by atoms with van der Waals surface area (Å²) in [5.41, 5.74) is 3.52. The zero-order valence-electron chi connectivity index (χ0n) is 16.8. The van der Waals surface area contributed by atoms with Gasteiger partial charge >= 0.3 is 0 Å². The zero-order chi connectivity index (χ0) is 20.2. The fraction of sp³-hybridized carbons (Fsp3) is 0.435. The van der Waals surface area contributed by atoms with Crippen LogP contribution in [0.4, 0.5) is 0 Å². The highest BCUT2D eigenvalue weighted by Gasteiger charge is 2.19. The summed E-state index contributed by atoms with van der Waals surface area (Å²) < 4.78 is 0. The molecule has 0 saturated heterocycles. The van der Waals surface area contributed by atoms with E-state index in [1.165, 1.54) is 28.8 Å². The molecule has 0 spiro atoms. The Morgan fingerprint density at radius 2 is 1.90 bits per heavy atom. The van der Waals surface area contributed by atoms with Crippen molar-refractivity contribution in [1.82, 2.24) is 15.3 Å². The monoisotopic (exact) mass is 409 g/mol. The molecule has 6 heteroatoms. The molecule has 152 valence electrons. The molecular weight excluding hydrogens is 382 g/mol. The van der Waals surface area contributed by atoms with Crippen molar-refractivity contribution < 1.29 is 4.79 Å². The number of nitrogens with zero attached hydrogens (tertiary/aromatic N) is 1. The molecule has 3 aromatic rings. The van der Waals surface area contributed by atoms with Crippen molar-refractivity contribution in [3.63, 3.8) is 0 Å². The van der Waals surface area contributed by atoms with Crippen LogP contribution in [0.1, 0.15) is 60.0 Å². The number of fused-ring (bicyclic) bond motifs is 3. The Hall–Kier alpha value is -2.47. The largest absolute Gasteiger partial charge is 0.352 e. The Kier molecular flexibility index (Phi) is 6.09. The Labute approximate surface area is 174 Å². The van der Waals surface area contributed by atoms with Gasteiger partial charge < -0.3 is 10.3 Å². The lowest BCUT2D eigenvalue weighted by molar-refractivity contribution is -0.121. The van der Waals surface area contributed by atoms with Gasteiger partial charge in [-0.1, -0.05) is 37.6 Å². The van der Waals surface area contributed by atoms with Crippen LogP contribution in [0.15, 0.2) is 29.1 Å². The second-order valence-corrected chi connectivity index (χ2v) is 8.79. The van der Waals surface area contributed by atoms with Crippen LogP contribution in [0.25, 0.3) is 10.2 Å². The summed E-state index contributed by atoms with van der Waals surface area (Å²) >= 11 is 1.65. The summed E-state index contributed by atoms with van der Waals surface area (Å²) in [5.74, 6) is 0.565. The van der Waals surface area contributed by atoms with Crippen molar-refractivity contribution in [3.8, 4) is 0 Å². The average molecular weight is 410 g/mol. The maximum Gasteiger partial charge on any atom is 0.259 e. The number of aryl methyl sites for hydroxylation is 4. The number of amides is 1. The van der Waals surface area contributed by atoms with E-state index in [9.17, 15) is 9.59 Å². The molecule has 0 bridgehead atoms. The van der Waals surface area contributed by atoms with Gasteiger partial charge in [0, 0.05) is 24.3 Å². The van der Waals surface area contributed by atoms with E-state index in [0.29, 0.717) is 25.2 Å². The number of nitrogens with one attached hydrogen (secondary N) is 2. The van der Waals surface area contributed by atoms with Gasteiger partial charge in [0.05, 0.1) is 5.39 Å². The van der Waals surface area contributed by atoms with Gasteiger partial charge in [-0.3, -0.25) is 9.59 Å². The van der Waals surface area contributed by atoms with Crippen LogP contribution in [0.5, 0.6) is 0 Å². The molecule has 0 fully saturated rings. The summed E-state index contributed by atoms with van der Waals surface area (Å²) in [6.07, 6.45) is 7.33. The first kappa shape index (κ1) is 19.8. The van der Waals surface area contributed by atoms with Gasteiger partial charge in [0.25, 0.3) is 5.56 Å². The quantitative estimate of drug-likeness (QED) is 0.603. The number of rotatable bonds is 6. The van der Waals surface area contributed by atoms with Crippen LogP contribution >= 0.6 is 11.3 Å². The minimum Gasteiger partial charge on any atom is -0.352 e. The summed E-state index contributed by atoms with van der Waals surface area (Å²) in [5, 5.41) is 3.72. The average Bonchev–Trinajstić information content (AvgIpc) is 2.93. The van der Waals surface area contributed by atoms with Gasteiger partial charge in [-0.25, -0.2) is 4.98 Å². The highest BCUT2D eigenvalue weighted by Crippen LogP contribution is 2.32. The lowest BCUT2D eigenvalue weighted by atomic mass is 10.1. The van der Waals surface area contributed by atoms with Gasteiger partial charge in [-0.05, 0) is 48.8 Å². The topological polar surface area (TPSA) is 74.8 Å². The van der Waals surface area contributed by atoms with E-state index >= 15 is 0 Å². The molecule has 1 amide bonds. The van der Waals surface area contributed by atoms with Crippen molar-refractivity contribution in [2.45, 2.75) is 64.8 Å². The molecule has 0 atom stereocenters. The third-order valence-corrected chi connectivity index (χ3v) is 6.82. The van der Waals surface area contributed by atoms with Crippen LogP contribution in [0, 0.1) is 0 Å². The van der Waals surface area contributed by atoms with E-state index in [1.807, 2.05) is 12.1 Å². The molecule has 2 heterocycles. The van der Waals surface area contributed by atoms with Crippen molar-refractivity contribution >= 4 is 27.5 Å². The van der Waals surface area contributed by atoms with Crippen molar-refractivity contribution in [3.05, 3.63) is 62.0 Å². The van der Waals surface area contributed by atoms with Gasteiger partial charge in [0.15, 0.2) is 0 Å². The van der Waals surface area contributed by atoms with E-state index in [1.54, 1.807) is 11.3 Å². The summed E-state index contributed by atoms with van der Waals surface area (Å²) in [6, 6.07) is 8.28. The normalized spacial score (nSPS) is 13.8. The number of carbonyl (C=O) groups is 1. The summed E-state index contributed by atoms with van der Waals surface area (Å²) in [6.45, 7) is 2.64. The Morgan fingerprint density at radius 3 is 2.69 bits per heavy atom. The minimum absolute atomic E-state index is 0.0331. The number of carbonyl (C=O) groups excluding carboxylic acids is 1. The lowest BCUT2D eigenvalue weighted by Gasteiger charge is -2.06. The maximum atomic E-state index is 12.7. The molecule has 0 unspecified atom stereocenters. The molecule has 0 radical (unpaired) electrons. The predicted molar refractivity (Wildman–Crippen MR) is 117 cm³/mol. The first-order valence-electron chi connectivity index (χ1n) is 10.5. The number of thiophene rings is 1. The second-order valence-electron chi connectivity index (χ2n) is 7.70. The highest BCUT2D eigenvalue weighted by molar-refractivity contribution is 7.18. The third kappa shape index (κ3) is 4.58. The second kappa shape index (κ2) is 8.91. The number of hydrogen-bond acceptors (Lipinski definition) is 4. The van der Waals surface area contributed by atoms with E-state index in [4.69, 9.17) is 0 Å². The van der Waals surface area contributed by atoms with Crippen LogP contribution in [0.2, 0.25) is 0 Å². The Balaban J connectivity index is 1.39. The predicted octanol–water partition coefficient (Wildman–Crippen LogP) is 4.06. The number of hydrogen-bond donors (Lipinski definition) is 2. The van der Waals surface area contributed by atoms with Gasteiger partial charge in [0.2, 0.25) is 5.91 Å². The van der Waals surface area contributed by atoms with Gasteiger partial charge in [-0.15, -0.1) is 11.3 Å². The van der Waals surface area contributed by atoms with Crippen LogP contribution < -0.4 is 10.9 Å². The zero-order valence-corrected chi connectivity index (χ0v) is 17.7. The van der Waals surface area contributed by atoms with Crippen LogP contribution in [0.3, 0.4) is 0 Å². The van der Waals surface area contributed by atoms with Gasteiger partial charge in [-0.2, -0.15) is 0 Å². The lowest BCUT2D eigenvalue weighted by Crippen LogP contribution is -2.23. The number of H-pyrrole nitrogens is 1. The van der Waals surface area contributed by atoms with Crippen molar-refractivity contribution in [2.75, 3.05) is 0 Å². The molecule has 4 rings (SSSR count). The first-order valence-corrected chi connectivity index (χ1v) is 11.3. The van der Waals surface area contributed by atoms with E-state index in [-0.39, 0.29) is 11.5 Å². The smallest absolute Gasteiger partial charge is 0.259 e. The van der Waals surface area contributed by atoms with E-state index in [2.05, 4.69) is 34.3 Å². The van der Waals surface area contributed by atoms with E-state index < -0.39 is 0 Å². The molecule has 1 aliphatic carbocycles.